The zero-order chi connectivity index (χ0) is 24.5. The number of ketones is 1. The Morgan fingerprint density at radius 3 is 2.62 bits per heavy atom. The van der Waals surface area contributed by atoms with Gasteiger partial charge < -0.3 is 29.6 Å². The molecule has 34 heavy (non-hydrogen) atoms. The zero-order valence-electron chi connectivity index (χ0n) is 19.7. The summed E-state index contributed by atoms with van der Waals surface area (Å²) in [6.45, 7) is 3.54. The minimum absolute atomic E-state index is 0.0608. The first-order valence-electron chi connectivity index (χ1n) is 12.3. The van der Waals surface area contributed by atoms with Crippen LogP contribution in [-0.4, -0.2) is 63.4 Å². The molecule has 1 heterocycles. The van der Waals surface area contributed by atoms with Crippen LogP contribution in [0.25, 0.3) is 0 Å². The number of aliphatic hydroxyl groups is 3. The van der Waals surface area contributed by atoms with Gasteiger partial charge in [0.1, 0.15) is 25.1 Å². The quantitative estimate of drug-likeness (QED) is 0.415. The van der Waals surface area contributed by atoms with Gasteiger partial charge in [-0.2, -0.15) is 0 Å². The maximum atomic E-state index is 13.9. The van der Waals surface area contributed by atoms with E-state index in [1.807, 2.05) is 12.2 Å². The van der Waals surface area contributed by atoms with E-state index in [4.69, 9.17) is 9.47 Å². The van der Waals surface area contributed by atoms with Gasteiger partial charge in [-0.3, -0.25) is 9.59 Å². The molecule has 0 spiro atoms. The van der Waals surface area contributed by atoms with Crippen molar-refractivity contribution in [1.82, 2.24) is 0 Å². The molecule has 0 amide bonds. The Hall–Kier alpha value is -2.03. The van der Waals surface area contributed by atoms with Crippen molar-refractivity contribution in [3.05, 3.63) is 24.0 Å². The van der Waals surface area contributed by atoms with Crippen LogP contribution >= 0.6 is 0 Å². The first kappa shape index (κ1) is 23.7. The normalized spacial score (nSPS) is 49.7. The number of rotatable bonds is 3. The average molecular weight is 475 g/mol. The lowest BCUT2D eigenvalue weighted by Gasteiger charge is -2.65. The third-order valence-corrected chi connectivity index (χ3v) is 10.0. The summed E-state index contributed by atoms with van der Waals surface area (Å²) in [7, 11) is 0. The Morgan fingerprint density at radius 1 is 1.21 bits per heavy atom. The van der Waals surface area contributed by atoms with Crippen molar-refractivity contribution >= 4 is 18.0 Å². The fraction of sp³-hybridized carbons (Fsp3) is 0.731. The Bertz CT molecular complexity index is 972. The fourth-order valence-corrected chi connectivity index (χ4v) is 8.39. The summed E-state index contributed by atoms with van der Waals surface area (Å²) in [5.74, 6) is -2.78. The van der Waals surface area contributed by atoms with Gasteiger partial charge in [-0.25, -0.2) is 0 Å². The van der Waals surface area contributed by atoms with Crippen LogP contribution in [0, 0.1) is 28.6 Å². The summed E-state index contributed by atoms with van der Waals surface area (Å²) in [4.78, 5) is 38.1. The summed E-state index contributed by atoms with van der Waals surface area (Å²) in [6, 6.07) is 0. The lowest BCUT2D eigenvalue weighted by atomic mass is 9.40. The number of ether oxygens (including phenoxy) is 2. The minimum atomic E-state index is -1.55. The molecule has 4 saturated carbocycles. The number of Topliss-reactive ketones (excluding diaryl/α,β-unsaturated/α-hetero) is 1. The van der Waals surface area contributed by atoms with E-state index < -0.39 is 57.8 Å². The summed E-state index contributed by atoms with van der Waals surface area (Å²) < 4.78 is 10.8. The topological polar surface area (TPSA) is 130 Å². The molecule has 4 fully saturated rings. The molecule has 0 unspecified atom stereocenters. The number of aldehydes is 1. The Morgan fingerprint density at radius 2 is 1.97 bits per heavy atom. The molecule has 186 valence electrons. The Balaban J connectivity index is 1.55. The van der Waals surface area contributed by atoms with Gasteiger partial charge in [-0.05, 0) is 62.0 Å². The lowest BCUT2D eigenvalue weighted by Crippen LogP contribution is -2.74. The van der Waals surface area contributed by atoms with Crippen LogP contribution in [0.2, 0.25) is 0 Å². The number of carbonyl (C=O) groups is 3. The van der Waals surface area contributed by atoms with Crippen LogP contribution < -0.4 is 0 Å². The van der Waals surface area contributed by atoms with Crippen molar-refractivity contribution in [3.8, 4) is 0 Å². The summed E-state index contributed by atoms with van der Waals surface area (Å²) >= 11 is 0. The highest BCUT2D eigenvalue weighted by Crippen LogP contribution is 2.69. The second kappa shape index (κ2) is 7.73. The van der Waals surface area contributed by atoms with E-state index >= 15 is 0 Å². The van der Waals surface area contributed by atoms with Crippen molar-refractivity contribution in [2.45, 2.75) is 82.2 Å². The van der Waals surface area contributed by atoms with E-state index in [-0.39, 0.29) is 25.2 Å². The molecule has 5 aliphatic rings. The van der Waals surface area contributed by atoms with E-state index in [1.54, 1.807) is 13.2 Å². The van der Waals surface area contributed by atoms with Crippen molar-refractivity contribution < 1.29 is 39.2 Å². The number of esters is 1. The average Bonchev–Trinajstić information content (AvgIpc) is 3.09. The molecule has 0 aromatic heterocycles. The monoisotopic (exact) mass is 474 g/mol. The molecule has 5 rings (SSSR count). The van der Waals surface area contributed by atoms with Crippen molar-refractivity contribution in [2.75, 3.05) is 6.61 Å². The van der Waals surface area contributed by atoms with Gasteiger partial charge in [-0.15, -0.1) is 0 Å². The molecule has 9 atom stereocenters. The van der Waals surface area contributed by atoms with Crippen LogP contribution in [-0.2, 0) is 23.9 Å². The van der Waals surface area contributed by atoms with Crippen LogP contribution in [0.15, 0.2) is 24.0 Å². The molecular weight excluding hydrogens is 440 g/mol. The van der Waals surface area contributed by atoms with E-state index in [0.717, 1.165) is 5.57 Å². The molecule has 1 aliphatic heterocycles. The third-order valence-electron chi connectivity index (χ3n) is 10.0. The molecule has 8 heteroatoms. The maximum absolute atomic E-state index is 13.9. The molecule has 0 saturated heterocycles. The highest BCUT2D eigenvalue weighted by Gasteiger charge is 2.76. The lowest BCUT2D eigenvalue weighted by molar-refractivity contribution is -0.257. The summed E-state index contributed by atoms with van der Waals surface area (Å²) in [5, 5.41) is 35.5. The van der Waals surface area contributed by atoms with Gasteiger partial charge in [0, 0.05) is 24.7 Å². The third kappa shape index (κ3) is 2.85. The van der Waals surface area contributed by atoms with E-state index in [1.165, 1.54) is 6.92 Å². The van der Waals surface area contributed by atoms with E-state index in [9.17, 15) is 29.7 Å². The van der Waals surface area contributed by atoms with Crippen molar-refractivity contribution in [2.24, 2.45) is 28.6 Å². The second-order valence-electron chi connectivity index (χ2n) is 11.2. The fourth-order valence-electron chi connectivity index (χ4n) is 8.39. The van der Waals surface area contributed by atoms with E-state index in [2.05, 4.69) is 0 Å². The number of aliphatic hydroxyl groups excluding tert-OH is 1. The first-order chi connectivity index (χ1) is 16.0. The standard InChI is InChI=1S/C26H34O8/c1-15(28)34-17-5-8-24(14-27)20-19(6-9-25(24,31)12-17)26(32)10-7-18(16-4-3-11-33-13-16)23(26,2)22(30)21(20)29/h3-4,13-14,17-20,22,30-32H,5-12H2,1-2H3/t17-,18+,19+,20+,22+,23-,24-,25-,26-/m0/s1. The number of hydrogen-bond donors (Lipinski definition) is 3. The Labute approximate surface area is 199 Å². The number of hydrogen-bond acceptors (Lipinski definition) is 8. The summed E-state index contributed by atoms with van der Waals surface area (Å²) in [5.41, 5.74) is -4.67. The highest BCUT2D eigenvalue weighted by atomic mass is 16.5. The molecule has 0 aromatic carbocycles. The van der Waals surface area contributed by atoms with Gasteiger partial charge in [0.25, 0.3) is 0 Å². The van der Waals surface area contributed by atoms with Crippen LogP contribution in [0.4, 0.5) is 0 Å². The highest BCUT2D eigenvalue weighted by molar-refractivity contribution is 5.92. The van der Waals surface area contributed by atoms with Crippen molar-refractivity contribution in [1.29, 1.82) is 0 Å². The number of allylic oxidation sites excluding steroid dienone is 2. The molecule has 8 nitrogen and oxygen atoms in total. The smallest absolute Gasteiger partial charge is 0.302 e. The summed E-state index contributed by atoms with van der Waals surface area (Å²) in [6.07, 6.45) is 6.16. The van der Waals surface area contributed by atoms with Crippen LogP contribution in [0.3, 0.4) is 0 Å². The number of carbonyl (C=O) groups excluding carboxylic acids is 3. The Kier molecular flexibility index (Phi) is 5.39. The second-order valence-corrected chi connectivity index (χ2v) is 11.2. The van der Waals surface area contributed by atoms with Gasteiger partial charge in [0.15, 0.2) is 5.78 Å². The van der Waals surface area contributed by atoms with Gasteiger partial charge in [0.2, 0.25) is 0 Å². The first-order valence-corrected chi connectivity index (χ1v) is 12.3. The predicted molar refractivity (Wildman–Crippen MR) is 119 cm³/mol. The van der Waals surface area contributed by atoms with Gasteiger partial charge >= 0.3 is 5.97 Å². The molecule has 3 N–H and O–H groups in total. The van der Waals surface area contributed by atoms with Gasteiger partial charge in [0.05, 0.1) is 22.9 Å². The molecule has 0 radical (unpaired) electrons. The largest absolute Gasteiger partial charge is 0.497 e. The van der Waals surface area contributed by atoms with Gasteiger partial charge in [-0.1, -0.05) is 13.0 Å². The van der Waals surface area contributed by atoms with Crippen molar-refractivity contribution in [3.63, 3.8) is 0 Å². The van der Waals surface area contributed by atoms with Crippen LogP contribution in [0.1, 0.15) is 58.8 Å². The molecule has 4 aliphatic carbocycles. The SMILES string of the molecule is CC(=O)O[C@H]1CC[C@]2(C=O)[C@H]3C(=O)[C@@H](O)[C@]4(C)[C@@H](C5=COCC=C5)CC[C@]4(O)[C@@H]3CC[C@]2(O)C1. The predicted octanol–water partition coefficient (Wildman–Crippen LogP) is 1.61. The van der Waals surface area contributed by atoms with Crippen LogP contribution in [0.5, 0.6) is 0 Å². The number of fused-ring (bicyclic) bond motifs is 5. The molecule has 0 bridgehead atoms. The zero-order valence-corrected chi connectivity index (χ0v) is 19.7. The molecule has 0 aromatic rings. The maximum Gasteiger partial charge on any atom is 0.302 e. The minimum Gasteiger partial charge on any atom is -0.497 e. The van der Waals surface area contributed by atoms with E-state index in [0.29, 0.717) is 38.6 Å². The molecular formula is C26H34O8.